The third kappa shape index (κ3) is 2.76. The number of hydrogen-bond donors (Lipinski definition) is 1. The maximum absolute atomic E-state index is 5.78. The van der Waals surface area contributed by atoms with E-state index in [4.69, 9.17) is 10.5 Å². The fourth-order valence-electron chi connectivity index (χ4n) is 2.49. The zero-order chi connectivity index (χ0) is 13.1. The second-order valence-corrected chi connectivity index (χ2v) is 4.89. The van der Waals surface area contributed by atoms with E-state index in [-0.39, 0.29) is 0 Å². The van der Waals surface area contributed by atoms with Crippen molar-refractivity contribution in [2.24, 2.45) is 0 Å². The molecule has 1 saturated heterocycles. The molecule has 19 heavy (non-hydrogen) atoms. The molecule has 2 N–H and O–H groups in total. The lowest BCUT2D eigenvalue weighted by Gasteiger charge is -2.23. The van der Waals surface area contributed by atoms with Crippen LogP contribution in [0.15, 0.2) is 30.9 Å². The van der Waals surface area contributed by atoms with E-state index in [1.54, 1.807) is 6.20 Å². The standard InChI is InChI=1S/C14H18N4O/c15-14-7-11(4-5-17-14)13-8-16-10-18(13)9-12-3-1-2-6-19-12/h4-5,7-8,10,12H,1-3,6,9H2,(H2,15,17). The van der Waals surface area contributed by atoms with Crippen molar-refractivity contribution in [1.82, 2.24) is 14.5 Å². The maximum atomic E-state index is 5.78. The smallest absolute Gasteiger partial charge is 0.123 e. The lowest BCUT2D eigenvalue weighted by atomic mass is 10.1. The summed E-state index contributed by atoms with van der Waals surface area (Å²) in [6, 6.07) is 3.82. The minimum atomic E-state index is 0.292. The maximum Gasteiger partial charge on any atom is 0.123 e. The summed E-state index contributed by atoms with van der Waals surface area (Å²) in [7, 11) is 0. The quantitative estimate of drug-likeness (QED) is 0.915. The molecule has 2 aromatic rings. The molecule has 0 amide bonds. The molecule has 1 unspecified atom stereocenters. The largest absolute Gasteiger partial charge is 0.384 e. The monoisotopic (exact) mass is 258 g/mol. The van der Waals surface area contributed by atoms with E-state index in [0.29, 0.717) is 11.9 Å². The molecular weight excluding hydrogens is 240 g/mol. The Kier molecular flexibility index (Phi) is 3.46. The van der Waals surface area contributed by atoms with Crippen LogP contribution in [-0.2, 0) is 11.3 Å². The molecule has 0 radical (unpaired) electrons. The van der Waals surface area contributed by atoms with Crippen molar-refractivity contribution < 1.29 is 4.74 Å². The first-order chi connectivity index (χ1) is 9.33. The molecule has 0 bridgehead atoms. The molecule has 0 aliphatic carbocycles. The first kappa shape index (κ1) is 12.2. The van der Waals surface area contributed by atoms with Crippen LogP contribution in [0.4, 0.5) is 5.82 Å². The number of nitrogens with zero attached hydrogens (tertiary/aromatic N) is 3. The number of hydrogen-bond acceptors (Lipinski definition) is 4. The van der Waals surface area contributed by atoms with Gasteiger partial charge in [-0.1, -0.05) is 0 Å². The predicted molar refractivity (Wildman–Crippen MR) is 73.5 cm³/mol. The number of pyridine rings is 1. The van der Waals surface area contributed by atoms with E-state index >= 15 is 0 Å². The van der Waals surface area contributed by atoms with Crippen LogP contribution in [0.2, 0.25) is 0 Å². The van der Waals surface area contributed by atoms with E-state index in [0.717, 1.165) is 30.8 Å². The van der Waals surface area contributed by atoms with Crippen molar-refractivity contribution >= 4 is 5.82 Å². The van der Waals surface area contributed by atoms with Gasteiger partial charge in [0, 0.05) is 18.4 Å². The van der Waals surface area contributed by atoms with Crippen LogP contribution < -0.4 is 5.73 Å². The molecule has 1 atom stereocenters. The molecule has 1 aliphatic rings. The molecule has 0 spiro atoms. The van der Waals surface area contributed by atoms with Crippen LogP contribution in [0, 0.1) is 0 Å². The van der Waals surface area contributed by atoms with Crippen molar-refractivity contribution in [2.45, 2.75) is 31.9 Å². The summed E-state index contributed by atoms with van der Waals surface area (Å²) in [4.78, 5) is 8.26. The Hall–Kier alpha value is -1.88. The second kappa shape index (κ2) is 5.40. The van der Waals surface area contributed by atoms with Gasteiger partial charge >= 0.3 is 0 Å². The van der Waals surface area contributed by atoms with E-state index in [1.165, 1.54) is 12.8 Å². The lowest BCUT2D eigenvalue weighted by molar-refractivity contribution is 0.00622. The minimum absolute atomic E-state index is 0.292. The fourth-order valence-corrected chi connectivity index (χ4v) is 2.49. The van der Waals surface area contributed by atoms with Crippen molar-refractivity contribution in [3.8, 4) is 11.3 Å². The predicted octanol–water partition coefficient (Wildman–Crippen LogP) is 2.10. The lowest BCUT2D eigenvalue weighted by Crippen LogP contribution is -2.24. The molecule has 1 fully saturated rings. The number of imidazole rings is 1. The van der Waals surface area contributed by atoms with Crippen LogP contribution in [0.25, 0.3) is 11.3 Å². The van der Waals surface area contributed by atoms with Gasteiger partial charge in [-0.3, -0.25) is 0 Å². The molecule has 0 saturated carbocycles. The highest BCUT2D eigenvalue weighted by Crippen LogP contribution is 2.22. The summed E-state index contributed by atoms with van der Waals surface area (Å²) < 4.78 is 7.91. The van der Waals surface area contributed by atoms with Gasteiger partial charge in [-0.15, -0.1) is 0 Å². The van der Waals surface area contributed by atoms with Gasteiger partial charge in [-0.25, -0.2) is 9.97 Å². The number of aromatic nitrogens is 3. The highest BCUT2D eigenvalue weighted by molar-refractivity contribution is 5.61. The molecule has 100 valence electrons. The highest BCUT2D eigenvalue weighted by Gasteiger charge is 2.16. The Labute approximate surface area is 112 Å². The normalized spacial score (nSPS) is 19.5. The van der Waals surface area contributed by atoms with Gasteiger partial charge in [-0.05, 0) is 31.4 Å². The van der Waals surface area contributed by atoms with Crippen molar-refractivity contribution in [3.63, 3.8) is 0 Å². The number of rotatable bonds is 3. The van der Waals surface area contributed by atoms with Gasteiger partial charge < -0.3 is 15.0 Å². The highest BCUT2D eigenvalue weighted by atomic mass is 16.5. The first-order valence-electron chi connectivity index (χ1n) is 6.66. The Morgan fingerprint density at radius 2 is 2.37 bits per heavy atom. The van der Waals surface area contributed by atoms with Gasteiger partial charge in [0.2, 0.25) is 0 Å². The summed E-state index contributed by atoms with van der Waals surface area (Å²) in [5.74, 6) is 0.527. The van der Waals surface area contributed by atoms with Gasteiger partial charge in [0.25, 0.3) is 0 Å². The van der Waals surface area contributed by atoms with Crippen LogP contribution in [0.5, 0.6) is 0 Å². The van der Waals surface area contributed by atoms with E-state index in [9.17, 15) is 0 Å². The van der Waals surface area contributed by atoms with E-state index in [1.807, 2.05) is 24.7 Å². The molecular formula is C14H18N4O. The van der Waals surface area contributed by atoms with Crippen LogP contribution >= 0.6 is 0 Å². The molecule has 0 aromatic carbocycles. The molecule has 2 aromatic heterocycles. The Morgan fingerprint density at radius 1 is 1.42 bits per heavy atom. The van der Waals surface area contributed by atoms with Crippen LogP contribution in [0.3, 0.4) is 0 Å². The average molecular weight is 258 g/mol. The molecule has 1 aliphatic heterocycles. The average Bonchev–Trinajstić information content (AvgIpc) is 2.88. The summed E-state index contributed by atoms with van der Waals surface area (Å²) in [6.45, 7) is 1.72. The number of nitrogens with two attached hydrogens (primary N) is 1. The number of ether oxygens (including phenoxy) is 1. The summed E-state index contributed by atoms with van der Waals surface area (Å²) in [6.07, 6.45) is 9.27. The molecule has 3 rings (SSSR count). The van der Waals surface area contributed by atoms with Crippen molar-refractivity contribution in [2.75, 3.05) is 12.3 Å². The van der Waals surface area contributed by atoms with Crippen LogP contribution in [0.1, 0.15) is 19.3 Å². The Bertz CT molecular complexity index is 546. The third-order valence-electron chi connectivity index (χ3n) is 3.46. The summed E-state index contributed by atoms with van der Waals surface area (Å²) >= 11 is 0. The Balaban J connectivity index is 1.81. The Morgan fingerprint density at radius 3 is 3.16 bits per heavy atom. The third-order valence-corrected chi connectivity index (χ3v) is 3.46. The van der Waals surface area contributed by atoms with Gasteiger partial charge in [0.05, 0.1) is 30.9 Å². The van der Waals surface area contributed by atoms with Gasteiger partial charge in [-0.2, -0.15) is 0 Å². The van der Waals surface area contributed by atoms with Crippen molar-refractivity contribution in [1.29, 1.82) is 0 Å². The van der Waals surface area contributed by atoms with Gasteiger partial charge in [0.15, 0.2) is 0 Å². The van der Waals surface area contributed by atoms with Gasteiger partial charge in [0.1, 0.15) is 5.82 Å². The van der Waals surface area contributed by atoms with E-state index < -0.39 is 0 Å². The van der Waals surface area contributed by atoms with Crippen molar-refractivity contribution in [3.05, 3.63) is 30.9 Å². The number of nitrogen functional groups attached to an aromatic ring is 1. The molecule has 5 heteroatoms. The SMILES string of the molecule is Nc1cc(-c2cncn2CC2CCCCO2)ccn1. The zero-order valence-electron chi connectivity index (χ0n) is 10.8. The minimum Gasteiger partial charge on any atom is -0.384 e. The van der Waals surface area contributed by atoms with E-state index in [2.05, 4.69) is 14.5 Å². The second-order valence-electron chi connectivity index (χ2n) is 4.89. The summed E-state index contributed by atoms with van der Waals surface area (Å²) in [5.41, 5.74) is 7.83. The summed E-state index contributed by atoms with van der Waals surface area (Å²) in [5, 5.41) is 0. The zero-order valence-corrected chi connectivity index (χ0v) is 10.8. The molecule has 5 nitrogen and oxygen atoms in total. The number of anilines is 1. The van der Waals surface area contributed by atoms with Crippen LogP contribution in [-0.4, -0.2) is 27.2 Å². The topological polar surface area (TPSA) is 66.0 Å². The first-order valence-corrected chi connectivity index (χ1v) is 6.66. The fraction of sp³-hybridized carbons (Fsp3) is 0.429. The molecule has 3 heterocycles.